The SMILES string of the molecule is C=C(CCC(C)C1CC[C@@]2(C)[C@@H]3CC[C@H]4C(C)(C)C(O)CCC45CC35CCC12C)C(C)C. The molecule has 0 aliphatic heterocycles. The molecule has 0 aromatic rings. The van der Waals surface area contributed by atoms with E-state index in [2.05, 4.69) is 55.0 Å². The van der Waals surface area contributed by atoms with Gasteiger partial charge in [-0.3, -0.25) is 0 Å². The third-order valence-corrected chi connectivity index (χ3v) is 13.6. The van der Waals surface area contributed by atoms with Gasteiger partial charge in [-0.15, -0.1) is 0 Å². The van der Waals surface area contributed by atoms with Crippen LogP contribution in [0, 0.1) is 56.7 Å². The molecule has 0 aromatic heterocycles. The van der Waals surface area contributed by atoms with E-state index < -0.39 is 0 Å². The van der Waals surface area contributed by atoms with E-state index >= 15 is 0 Å². The number of fused-ring (bicyclic) bond motifs is 2. The van der Waals surface area contributed by atoms with Crippen LogP contribution in [0.1, 0.15) is 119 Å². The highest BCUT2D eigenvalue weighted by molar-refractivity contribution is 5.30. The zero-order valence-corrected chi connectivity index (χ0v) is 22.4. The van der Waals surface area contributed by atoms with Crippen molar-refractivity contribution in [3.8, 4) is 0 Å². The van der Waals surface area contributed by atoms with Crippen LogP contribution in [-0.4, -0.2) is 11.2 Å². The molecule has 1 heteroatoms. The van der Waals surface area contributed by atoms with Crippen LogP contribution in [0.15, 0.2) is 12.2 Å². The molecule has 6 unspecified atom stereocenters. The standard InChI is InChI=1S/C31H52O/c1-20(2)21(3)9-10-22(4)23-13-15-29(8)25-12-11-24-27(5,6)26(32)14-16-30(24)19-31(25,30)18-17-28(23,29)7/h20,22-26,32H,3,9-19H2,1-2,4-8H3/t22?,23?,24-,25-,26?,28?,29-,30?,31?/m0/s1. The second kappa shape index (κ2) is 7.11. The number of aliphatic hydroxyl groups is 1. The lowest BCUT2D eigenvalue weighted by Crippen LogP contribution is -2.57. The van der Waals surface area contributed by atoms with Crippen LogP contribution in [0.3, 0.4) is 0 Å². The molecule has 5 aliphatic carbocycles. The fourth-order valence-corrected chi connectivity index (χ4v) is 11.2. The molecule has 0 amide bonds. The average molecular weight is 441 g/mol. The van der Waals surface area contributed by atoms with Gasteiger partial charge in [-0.25, -0.2) is 0 Å². The summed E-state index contributed by atoms with van der Waals surface area (Å²) in [6.07, 6.45) is 15.0. The molecule has 5 saturated carbocycles. The number of hydrogen-bond donors (Lipinski definition) is 1. The van der Waals surface area contributed by atoms with E-state index in [9.17, 15) is 5.11 Å². The smallest absolute Gasteiger partial charge is 0.0594 e. The fraction of sp³-hybridized carbons (Fsp3) is 0.935. The summed E-state index contributed by atoms with van der Waals surface area (Å²) >= 11 is 0. The van der Waals surface area contributed by atoms with Gasteiger partial charge in [0.05, 0.1) is 6.10 Å². The fourth-order valence-electron chi connectivity index (χ4n) is 11.2. The van der Waals surface area contributed by atoms with E-state index in [4.69, 9.17) is 0 Å². The first kappa shape index (κ1) is 23.4. The maximum absolute atomic E-state index is 10.9. The molecular weight excluding hydrogens is 388 g/mol. The molecule has 0 aromatic carbocycles. The Kier molecular flexibility index (Phi) is 5.21. The Morgan fingerprint density at radius 1 is 0.844 bits per heavy atom. The Labute approximate surface area is 199 Å². The normalized spacial score (nSPS) is 51.9. The van der Waals surface area contributed by atoms with Gasteiger partial charge >= 0.3 is 0 Å². The van der Waals surface area contributed by atoms with Gasteiger partial charge < -0.3 is 5.11 Å². The maximum atomic E-state index is 10.9. The highest BCUT2D eigenvalue weighted by Gasteiger charge is 2.82. The molecule has 0 saturated heterocycles. The molecule has 0 radical (unpaired) electrons. The van der Waals surface area contributed by atoms with E-state index in [1.165, 1.54) is 69.8 Å². The average Bonchev–Trinajstić information content (AvgIpc) is 3.31. The van der Waals surface area contributed by atoms with Gasteiger partial charge in [-0.1, -0.05) is 60.6 Å². The number of allylic oxidation sites excluding steroid dienone is 1. The summed E-state index contributed by atoms with van der Waals surface area (Å²) in [5.74, 6) is 4.02. The van der Waals surface area contributed by atoms with Gasteiger partial charge in [-0.2, -0.15) is 0 Å². The number of aliphatic hydroxyl groups excluding tert-OH is 1. The molecule has 5 fully saturated rings. The predicted octanol–water partition coefficient (Wildman–Crippen LogP) is 8.41. The van der Waals surface area contributed by atoms with Gasteiger partial charge in [0, 0.05) is 0 Å². The van der Waals surface area contributed by atoms with E-state index in [0.717, 1.165) is 30.1 Å². The van der Waals surface area contributed by atoms with Gasteiger partial charge in [0.25, 0.3) is 0 Å². The monoisotopic (exact) mass is 440 g/mol. The molecule has 5 aliphatic rings. The minimum atomic E-state index is -0.0888. The predicted molar refractivity (Wildman–Crippen MR) is 135 cm³/mol. The van der Waals surface area contributed by atoms with Crippen LogP contribution in [0.4, 0.5) is 0 Å². The summed E-state index contributed by atoms with van der Waals surface area (Å²) in [5.41, 5.74) is 3.79. The lowest BCUT2D eigenvalue weighted by molar-refractivity contribution is -0.161. The van der Waals surface area contributed by atoms with Crippen LogP contribution in [0.25, 0.3) is 0 Å². The summed E-state index contributed by atoms with van der Waals surface area (Å²) in [6.45, 7) is 21.8. The van der Waals surface area contributed by atoms with Crippen LogP contribution < -0.4 is 0 Å². The lowest BCUT2D eigenvalue weighted by atomic mass is 9.41. The molecule has 0 bridgehead atoms. The topological polar surface area (TPSA) is 20.2 Å². The van der Waals surface area contributed by atoms with Crippen molar-refractivity contribution < 1.29 is 5.11 Å². The van der Waals surface area contributed by atoms with E-state index in [-0.39, 0.29) is 11.5 Å². The second-order valence-electron chi connectivity index (χ2n) is 14.9. The molecule has 1 nitrogen and oxygen atoms in total. The number of hydrogen-bond acceptors (Lipinski definition) is 1. The summed E-state index contributed by atoms with van der Waals surface area (Å²) in [6, 6.07) is 0. The molecule has 32 heavy (non-hydrogen) atoms. The van der Waals surface area contributed by atoms with Gasteiger partial charge in [0.2, 0.25) is 0 Å². The first-order valence-electron chi connectivity index (χ1n) is 14.2. The van der Waals surface area contributed by atoms with E-state index in [1.54, 1.807) is 0 Å². The van der Waals surface area contributed by atoms with Crippen molar-refractivity contribution in [3.05, 3.63) is 12.2 Å². The molecule has 0 heterocycles. The third-order valence-electron chi connectivity index (χ3n) is 13.6. The first-order valence-corrected chi connectivity index (χ1v) is 14.2. The first-order chi connectivity index (χ1) is 14.9. The molecule has 5 rings (SSSR count). The van der Waals surface area contributed by atoms with E-state index in [1.807, 2.05) is 0 Å². The zero-order valence-electron chi connectivity index (χ0n) is 22.4. The van der Waals surface area contributed by atoms with Gasteiger partial charge in [0.1, 0.15) is 0 Å². The van der Waals surface area contributed by atoms with Crippen molar-refractivity contribution in [1.82, 2.24) is 0 Å². The van der Waals surface area contributed by atoms with Crippen molar-refractivity contribution in [1.29, 1.82) is 0 Å². The summed E-state index contributed by atoms with van der Waals surface area (Å²) in [5, 5.41) is 10.9. The second-order valence-corrected chi connectivity index (χ2v) is 14.9. The Balaban J connectivity index is 1.39. The highest BCUT2D eigenvalue weighted by atomic mass is 16.3. The van der Waals surface area contributed by atoms with Crippen molar-refractivity contribution in [2.45, 2.75) is 125 Å². The minimum Gasteiger partial charge on any atom is -0.393 e. The summed E-state index contributed by atoms with van der Waals surface area (Å²) in [7, 11) is 0. The van der Waals surface area contributed by atoms with Crippen LogP contribution in [0.5, 0.6) is 0 Å². The van der Waals surface area contributed by atoms with Crippen molar-refractivity contribution in [2.24, 2.45) is 56.7 Å². The Bertz CT molecular complexity index is 779. The van der Waals surface area contributed by atoms with E-state index in [0.29, 0.717) is 27.6 Å². The van der Waals surface area contributed by atoms with Crippen molar-refractivity contribution in [3.63, 3.8) is 0 Å². The number of rotatable bonds is 5. The molecular formula is C31H52O. The molecule has 2 spiro atoms. The maximum Gasteiger partial charge on any atom is 0.0594 e. The van der Waals surface area contributed by atoms with Gasteiger partial charge in [-0.05, 0) is 127 Å². The van der Waals surface area contributed by atoms with Crippen LogP contribution in [-0.2, 0) is 0 Å². The minimum absolute atomic E-state index is 0.0888. The zero-order chi connectivity index (χ0) is 23.3. The Morgan fingerprint density at radius 3 is 2.19 bits per heavy atom. The molecule has 1 N–H and O–H groups in total. The Morgan fingerprint density at radius 2 is 1.50 bits per heavy atom. The van der Waals surface area contributed by atoms with Crippen LogP contribution in [0.2, 0.25) is 0 Å². The quantitative estimate of drug-likeness (QED) is 0.425. The highest BCUT2D eigenvalue weighted by Crippen LogP contribution is 2.89. The Hall–Kier alpha value is -0.300. The third kappa shape index (κ3) is 2.73. The molecule has 9 atom stereocenters. The summed E-state index contributed by atoms with van der Waals surface area (Å²) in [4.78, 5) is 0. The van der Waals surface area contributed by atoms with Crippen LogP contribution >= 0.6 is 0 Å². The summed E-state index contributed by atoms with van der Waals surface area (Å²) < 4.78 is 0. The van der Waals surface area contributed by atoms with Crippen molar-refractivity contribution >= 4 is 0 Å². The molecule has 182 valence electrons. The lowest BCUT2D eigenvalue weighted by Gasteiger charge is -2.63. The van der Waals surface area contributed by atoms with Gasteiger partial charge in [0.15, 0.2) is 0 Å². The largest absolute Gasteiger partial charge is 0.393 e. The van der Waals surface area contributed by atoms with Crippen molar-refractivity contribution in [2.75, 3.05) is 0 Å².